The van der Waals surface area contributed by atoms with Crippen molar-refractivity contribution in [1.29, 1.82) is 0 Å². The van der Waals surface area contributed by atoms with Crippen LogP contribution < -0.4 is 0 Å². The highest BCUT2D eigenvalue weighted by atomic mass is 16.7. The number of hydrogen-bond donors (Lipinski definition) is 0. The number of ether oxygens (including phenoxy) is 3. The van der Waals surface area contributed by atoms with Crippen molar-refractivity contribution in [1.82, 2.24) is 0 Å². The molecule has 0 amide bonds. The molecule has 1 heterocycles. The van der Waals surface area contributed by atoms with Gasteiger partial charge in [0.05, 0.1) is 26.4 Å². The Balaban J connectivity index is 1.27. The molecule has 1 saturated heterocycles. The lowest BCUT2D eigenvalue weighted by Crippen LogP contribution is -2.34. The zero-order valence-corrected chi connectivity index (χ0v) is 14.7. The van der Waals surface area contributed by atoms with Crippen LogP contribution in [0.5, 0.6) is 0 Å². The molecular weight excluding hydrogens is 312 g/mol. The van der Waals surface area contributed by atoms with Crippen molar-refractivity contribution in [3.8, 4) is 0 Å². The Bertz CT molecular complexity index is 649. The van der Waals surface area contributed by atoms with E-state index in [1.165, 1.54) is 16.7 Å². The molecule has 1 spiro atoms. The highest BCUT2D eigenvalue weighted by molar-refractivity contribution is 5.25. The molecule has 0 bridgehead atoms. The molecule has 1 saturated carbocycles. The molecule has 3 nitrogen and oxygen atoms in total. The first-order valence-corrected chi connectivity index (χ1v) is 9.31. The third-order valence-electron chi connectivity index (χ3n) is 5.39. The first-order chi connectivity index (χ1) is 12.3. The minimum atomic E-state index is -0.262. The van der Waals surface area contributed by atoms with E-state index in [1.54, 1.807) is 0 Å². The minimum Gasteiger partial charge on any atom is -0.372 e. The molecule has 2 aromatic carbocycles. The first kappa shape index (κ1) is 16.8. The van der Waals surface area contributed by atoms with Crippen molar-refractivity contribution in [2.24, 2.45) is 0 Å². The number of benzene rings is 2. The van der Waals surface area contributed by atoms with E-state index in [2.05, 4.69) is 36.4 Å². The fraction of sp³-hybridized carbons (Fsp3) is 0.455. The van der Waals surface area contributed by atoms with Gasteiger partial charge in [-0.15, -0.1) is 0 Å². The molecule has 132 valence electrons. The van der Waals surface area contributed by atoms with Crippen molar-refractivity contribution in [2.75, 3.05) is 13.2 Å². The maximum Gasteiger partial charge on any atom is 0.168 e. The molecule has 0 unspecified atom stereocenters. The van der Waals surface area contributed by atoms with E-state index < -0.39 is 0 Å². The monoisotopic (exact) mass is 338 g/mol. The van der Waals surface area contributed by atoms with E-state index in [1.807, 2.05) is 18.2 Å². The second-order valence-electron chi connectivity index (χ2n) is 7.10. The average molecular weight is 338 g/mol. The van der Waals surface area contributed by atoms with Crippen LogP contribution in [0, 0.1) is 0 Å². The molecular formula is C22H26O3. The second kappa shape index (κ2) is 7.69. The van der Waals surface area contributed by atoms with E-state index in [-0.39, 0.29) is 5.79 Å². The fourth-order valence-electron chi connectivity index (χ4n) is 3.92. The number of rotatable bonds is 5. The summed E-state index contributed by atoms with van der Waals surface area (Å²) in [6.07, 6.45) is 4.31. The summed E-state index contributed by atoms with van der Waals surface area (Å²) in [5.41, 5.74) is 3.88. The van der Waals surface area contributed by atoms with Gasteiger partial charge in [0.25, 0.3) is 0 Å². The summed E-state index contributed by atoms with van der Waals surface area (Å²) in [6.45, 7) is 2.82. The van der Waals surface area contributed by atoms with Crippen molar-refractivity contribution >= 4 is 0 Å². The lowest BCUT2D eigenvalue weighted by atomic mass is 9.81. The third-order valence-corrected chi connectivity index (χ3v) is 5.39. The normalized spacial score (nSPS) is 20.2. The van der Waals surface area contributed by atoms with Gasteiger partial charge in [-0.1, -0.05) is 54.6 Å². The fourth-order valence-corrected chi connectivity index (χ4v) is 3.92. The number of hydrogen-bond acceptors (Lipinski definition) is 3. The van der Waals surface area contributed by atoms with Crippen molar-refractivity contribution in [3.63, 3.8) is 0 Å². The molecule has 1 aliphatic carbocycles. The van der Waals surface area contributed by atoms with Gasteiger partial charge in [-0.2, -0.15) is 0 Å². The highest BCUT2D eigenvalue weighted by Crippen LogP contribution is 2.42. The first-order valence-electron chi connectivity index (χ1n) is 9.31. The van der Waals surface area contributed by atoms with Gasteiger partial charge in [0.15, 0.2) is 5.79 Å². The maximum atomic E-state index is 5.83. The van der Waals surface area contributed by atoms with Crippen LogP contribution in [0.2, 0.25) is 0 Å². The molecule has 3 heteroatoms. The molecule has 2 aliphatic rings. The highest BCUT2D eigenvalue weighted by Gasteiger charge is 2.40. The quantitative estimate of drug-likeness (QED) is 0.783. The summed E-state index contributed by atoms with van der Waals surface area (Å²) >= 11 is 0. The minimum absolute atomic E-state index is 0.262. The van der Waals surface area contributed by atoms with Gasteiger partial charge < -0.3 is 14.2 Å². The Hall–Kier alpha value is -1.68. The third kappa shape index (κ3) is 4.12. The van der Waals surface area contributed by atoms with Crippen LogP contribution in [0.4, 0.5) is 0 Å². The Morgan fingerprint density at radius 1 is 0.800 bits per heavy atom. The van der Waals surface area contributed by atoms with Gasteiger partial charge in [-0.3, -0.25) is 0 Å². The molecule has 0 N–H and O–H groups in total. The Morgan fingerprint density at radius 3 is 2.04 bits per heavy atom. The lowest BCUT2D eigenvalue weighted by molar-refractivity contribution is -0.178. The van der Waals surface area contributed by atoms with Crippen LogP contribution in [0.3, 0.4) is 0 Å². The molecule has 2 aromatic rings. The molecule has 0 aromatic heterocycles. The van der Waals surface area contributed by atoms with E-state index >= 15 is 0 Å². The Kier molecular flexibility index (Phi) is 5.16. The summed E-state index contributed by atoms with van der Waals surface area (Å²) in [7, 11) is 0. The molecule has 0 radical (unpaired) electrons. The molecule has 4 rings (SSSR count). The molecule has 0 atom stereocenters. The van der Waals surface area contributed by atoms with Crippen LogP contribution in [0.25, 0.3) is 0 Å². The zero-order chi connectivity index (χ0) is 17.0. The van der Waals surface area contributed by atoms with E-state index in [9.17, 15) is 0 Å². The van der Waals surface area contributed by atoms with Gasteiger partial charge in [0.2, 0.25) is 0 Å². The van der Waals surface area contributed by atoms with Crippen LogP contribution in [0.1, 0.15) is 48.3 Å². The van der Waals surface area contributed by atoms with Gasteiger partial charge in [-0.25, -0.2) is 0 Å². The maximum absolute atomic E-state index is 5.83. The Morgan fingerprint density at radius 2 is 1.40 bits per heavy atom. The predicted octanol–water partition coefficient (Wildman–Crippen LogP) is 4.80. The molecule has 2 fully saturated rings. The molecule has 25 heavy (non-hydrogen) atoms. The topological polar surface area (TPSA) is 27.7 Å². The summed E-state index contributed by atoms with van der Waals surface area (Å²) in [4.78, 5) is 0. The Labute approximate surface area is 149 Å². The summed E-state index contributed by atoms with van der Waals surface area (Å²) < 4.78 is 17.5. The SMILES string of the molecule is c1ccc(COCc2ccc(C3CCC4(CC3)OCCO4)cc2)cc1. The molecule has 1 aliphatic heterocycles. The smallest absolute Gasteiger partial charge is 0.168 e. The standard InChI is InChI=1S/C22H26O3/c1-2-4-18(5-3-1)16-23-17-19-6-8-20(9-7-19)21-10-12-22(13-11-21)24-14-15-25-22/h1-9,21H,10-17H2. The summed E-state index contributed by atoms with van der Waals surface area (Å²) in [5.74, 6) is 0.361. The van der Waals surface area contributed by atoms with Crippen molar-refractivity contribution in [3.05, 3.63) is 71.3 Å². The van der Waals surface area contributed by atoms with Crippen LogP contribution in [-0.4, -0.2) is 19.0 Å². The lowest BCUT2D eigenvalue weighted by Gasteiger charge is -2.35. The van der Waals surface area contributed by atoms with Gasteiger partial charge in [-0.05, 0) is 35.4 Å². The van der Waals surface area contributed by atoms with Gasteiger partial charge in [0, 0.05) is 12.8 Å². The van der Waals surface area contributed by atoms with Crippen molar-refractivity contribution < 1.29 is 14.2 Å². The van der Waals surface area contributed by atoms with Crippen LogP contribution >= 0.6 is 0 Å². The largest absolute Gasteiger partial charge is 0.372 e. The van der Waals surface area contributed by atoms with Crippen molar-refractivity contribution in [2.45, 2.75) is 50.6 Å². The van der Waals surface area contributed by atoms with E-state index in [4.69, 9.17) is 14.2 Å². The second-order valence-corrected chi connectivity index (χ2v) is 7.10. The average Bonchev–Trinajstić information content (AvgIpc) is 3.12. The summed E-state index contributed by atoms with van der Waals surface area (Å²) in [6, 6.07) is 19.2. The zero-order valence-electron chi connectivity index (χ0n) is 14.7. The van der Waals surface area contributed by atoms with Gasteiger partial charge in [0.1, 0.15) is 0 Å². The van der Waals surface area contributed by atoms with E-state index in [0.29, 0.717) is 19.1 Å². The predicted molar refractivity (Wildman–Crippen MR) is 97.2 cm³/mol. The van der Waals surface area contributed by atoms with Gasteiger partial charge >= 0.3 is 0 Å². The summed E-state index contributed by atoms with van der Waals surface area (Å²) in [5, 5.41) is 0. The van der Waals surface area contributed by atoms with Crippen LogP contribution in [-0.2, 0) is 27.4 Å². The van der Waals surface area contributed by atoms with E-state index in [0.717, 1.165) is 38.9 Å². The van der Waals surface area contributed by atoms with Crippen LogP contribution in [0.15, 0.2) is 54.6 Å².